The van der Waals surface area contributed by atoms with Crippen molar-refractivity contribution in [1.82, 2.24) is 10.2 Å². The fourth-order valence-corrected chi connectivity index (χ4v) is 0.983. The number of ketones is 1. The van der Waals surface area contributed by atoms with E-state index in [1.807, 2.05) is 0 Å². The number of carbonyl (C=O) groups is 1. The minimum absolute atomic E-state index is 0.222. The third-order valence-corrected chi connectivity index (χ3v) is 1.45. The highest BCUT2D eigenvalue weighted by Crippen LogP contribution is 2.10. The van der Waals surface area contributed by atoms with E-state index >= 15 is 0 Å². The number of hydrogen-bond acceptors (Lipinski definition) is 2. The van der Waals surface area contributed by atoms with Gasteiger partial charge in [0.05, 0.1) is 5.69 Å². The van der Waals surface area contributed by atoms with Crippen LogP contribution in [-0.2, 0) is 0 Å². The molecule has 0 spiro atoms. The van der Waals surface area contributed by atoms with Gasteiger partial charge in [-0.05, 0) is 12.2 Å². The number of fused-ring (bicyclic) bond motifs is 1. The maximum Gasteiger partial charge on any atom is 0.275 e. The summed E-state index contributed by atoms with van der Waals surface area (Å²) in [4.78, 5) is 21.6. The van der Waals surface area contributed by atoms with Gasteiger partial charge in [0.1, 0.15) is 5.56 Å². The Bertz CT molecular complexity index is 369. The van der Waals surface area contributed by atoms with Crippen LogP contribution in [0.2, 0.25) is 0 Å². The summed E-state index contributed by atoms with van der Waals surface area (Å²) in [5.41, 5.74) is 0.458. The van der Waals surface area contributed by atoms with Crippen molar-refractivity contribution in [3.63, 3.8) is 0 Å². The molecular weight excluding hydrogens is 132 g/mol. The first-order chi connectivity index (χ1) is 4.79. The van der Waals surface area contributed by atoms with Crippen LogP contribution in [0.4, 0.5) is 0 Å². The third kappa shape index (κ3) is 0.452. The normalized spacial score (nSPS) is 14.2. The zero-order valence-electron chi connectivity index (χ0n) is 4.97. The molecule has 0 aromatic carbocycles. The van der Waals surface area contributed by atoms with Crippen molar-refractivity contribution in [2.24, 2.45) is 0 Å². The second-order valence-corrected chi connectivity index (χ2v) is 2.07. The molecule has 4 nitrogen and oxygen atoms in total. The van der Waals surface area contributed by atoms with Crippen LogP contribution < -0.4 is 5.56 Å². The Balaban J connectivity index is 2.86. The van der Waals surface area contributed by atoms with Crippen LogP contribution in [0.3, 0.4) is 0 Å². The summed E-state index contributed by atoms with van der Waals surface area (Å²) in [6.07, 6.45) is 2.95. The summed E-state index contributed by atoms with van der Waals surface area (Å²) in [5, 5.41) is 4.89. The average molecular weight is 136 g/mol. The van der Waals surface area contributed by atoms with E-state index in [1.54, 1.807) is 6.08 Å². The highest BCUT2D eigenvalue weighted by Gasteiger charge is 2.18. The number of allylic oxidation sites excluding steroid dienone is 1. The first-order valence-electron chi connectivity index (χ1n) is 2.82. The van der Waals surface area contributed by atoms with E-state index in [0.717, 1.165) is 0 Å². The second-order valence-electron chi connectivity index (χ2n) is 2.07. The number of carbonyl (C=O) groups excluding carboxylic acids is 1. The van der Waals surface area contributed by atoms with Crippen molar-refractivity contribution in [1.29, 1.82) is 0 Å². The van der Waals surface area contributed by atoms with Crippen LogP contribution in [0.15, 0.2) is 10.9 Å². The molecule has 4 heteroatoms. The predicted molar refractivity (Wildman–Crippen MR) is 34.8 cm³/mol. The number of H-pyrrole nitrogens is 2. The molecule has 1 aromatic rings. The van der Waals surface area contributed by atoms with Crippen LogP contribution in [0.1, 0.15) is 16.1 Å². The molecule has 0 amide bonds. The highest BCUT2D eigenvalue weighted by molar-refractivity contribution is 6.12. The van der Waals surface area contributed by atoms with Gasteiger partial charge in [-0.2, -0.15) is 0 Å². The Kier molecular flexibility index (Phi) is 0.768. The third-order valence-electron chi connectivity index (χ3n) is 1.45. The molecule has 1 heterocycles. The standard InChI is InChI=1S/C6H4N2O2/c9-4-2-1-3-5(4)6(10)8-7-3/h1-2H,(H2,7,8,10). The maximum absolute atomic E-state index is 10.8. The van der Waals surface area contributed by atoms with Crippen molar-refractivity contribution in [3.05, 3.63) is 27.7 Å². The lowest BCUT2D eigenvalue weighted by Crippen LogP contribution is -2.08. The zero-order valence-corrected chi connectivity index (χ0v) is 4.97. The fourth-order valence-electron chi connectivity index (χ4n) is 0.983. The maximum atomic E-state index is 10.8. The van der Waals surface area contributed by atoms with Crippen molar-refractivity contribution >= 4 is 11.9 Å². The predicted octanol–water partition coefficient (Wildman–Crippen LogP) is -0.0875. The lowest BCUT2D eigenvalue weighted by Gasteiger charge is -1.77. The first kappa shape index (κ1) is 5.22. The summed E-state index contributed by atoms with van der Waals surface area (Å²) in [7, 11) is 0. The molecule has 0 atom stereocenters. The molecule has 1 aliphatic carbocycles. The SMILES string of the molecule is O=C1C=Cc2[nH][nH]c(=O)c21. The molecule has 0 fully saturated rings. The van der Waals surface area contributed by atoms with Gasteiger partial charge in [-0.1, -0.05) is 0 Å². The van der Waals surface area contributed by atoms with Gasteiger partial charge in [0.25, 0.3) is 5.56 Å². The topological polar surface area (TPSA) is 65.7 Å². The number of aromatic nitrogens is 2. The Labute approximate surface area is 55.6 Å². The molecule has 2 rings (SSSR count). The quantitative estimate of drug-likeness (QED) is 0.523. The van der Waals surface area contributed by atoms with Crippen molar-refractivity contribution < 1.29 is 4.79 Å². The molecule has 0 radical (unpaired) electrons. The van der Waals surface area contributed by atoms with Crippen LogP contribution in [0.5, 0.6) is 0 Å². The van der Waals surface area contributed by atoms with Gasteiger partial charge in [0, 0.05) is 0 Å². The van der Waals surface area contributed by atoms with E-state index in [9.17, 15) is 9.59 Å². The minimum atomic E-state index is -0.343. The van der Waals surface area contributed by atoms with Crippen molar-refractivity contribution in [3.8, 4) is 0 Å². The van der Waals surface area contributed by atoms with Gasteiger partial charge in [0.2, 0.25) is 0 Å². The van der Waals surface area contributed by atoms with Gasteiger partial charge >= 0.3 is 0 Å². The summed E-state index contributed by atoms with van der Waals surface area (Å²) in [6, 6.07) is 0. The van der Waals surface area contributed by atoms with Gasteiger partial charge in [-0.25, -0.2) is 0 Å². The monoisotopic (exact) mass is 136 g/mol. The van der Waals surface area contributed by atoms with E-state index in [4.69, 9.17) is 0 Å². The van der Waals surface area contributed by atoms with Gasteiger partial charge < -0.3 is 0 Å². The summed E-state index contributed by atoms with van der Waals surface area (Å²) >= 11 is 0. The molecule has 2 N–H and O–H groups in total. The summed E-state index contributed by atoms with van der Waals surface area (Å²) in [5.74, 6) is -0.225. The van der Waals surface area contributed by atoms with Crippen LogP contribution >= 0.6 is 0 Å². The first-order valence-corrected chi connectivity index (χ1v) is 2.82. The summed E-state index contributed by atoms with van der Waals surface area (Å²) < 4.78 is 0. The number of nitrogens with one attached hydrogen (secondary N) is 2. The fraction of sp³-hybridized carbons (Fsp3) is 0. The van der Waals surface area contributed by atoms with Gasteiger partial charge in [-0.15, -0.1) is 0 Å². The smallest absolute Gasteiger partial charge is 0.275 e. The van der Waals surface area contributed by atoms with E-state index in [2.05, 4.69) is 10.2 Å². The largest absolute Gasteiger partial charge is 0.297 e. The molecule has 0 aliphatic heterocycles. The molecule has 0 bridgehead atoms. The van der Waals surface area contributed by atoms with E-state index in [-0.39, 0.29) is 16.9 Å². The lowest BCUT2D eigenvalue weighted by atomic mass is 10.2. The molecule has 0 saturated carbocycles. The second kappa shape index (κ2) is 1.47. The van der Waals surface area contributed by atoms with Crippen LogP contribution in [0, 0.1) is 0 Å². The van der Waals surface area contributed by atoms with Crippen molar-refractivity contribution in [2.45, 2.75) is 0 Å². The van der Waals surface area contributed by atoms with E-state index in [1.165, 1.54) is 6.08 Å². The Morgan fingerprint density at radius 2 is 1.90 bits per heavy atom. The average Bonchev–Trinajstić information content (AvgIpc) is 2.40. The zero-order chi connectivity index (χ0) is 7.14. The molecule has 1 aliphatic rings. The molecule has 0 unspecified atom stereocenters. The molecule has 50 valence electrons. The molecular formula is C6H4N2O2. The highest BCUT2D eigenvalue weighted by atomic mass is 16.1. The molecule has 10 heavy (non-hydrogen) atoms. The number of rotatable bonds is 0. The van der Waals surface area contributed by atoms with E-state index < -0.39 is 0 Å². The molecule has 1 aromatic heterocycles. The molecule has 0 saturated heterocycles. The Morgan fingerprint density at radius 3 is 2.60 bits per heavy atom. The van der Waals surface area contributed by atoms with Gasteiger partial charge in [-0.3, -0.25) is 19.8 Å². The van der Waals surface area contributed by atoms with Crippen LogP contribution in [-0.4, -0.2) is 16.0 Å². The van der Waals surface area contributed by atoms with E-state index in [0.29, 0.717) is 5.69 Å². The number of hydrogen-bond donors (Lipinski definition) is 2. The lowest BCUT2D eigenvalue weighted by molar-refractivity contribution is 0.104. The Morgan fingerprint density at radius 1 is 1.10 bits per heavy atom. The number of aromatic amines is 2. The Hall–Kier alpha value is -1.58. The van der Waals surface area contributed by atoms with Crippen LogP contribution in [0.25, 0.3) is 6.08 Å². The minimum Gasteiger partial charge on any atom is -0.297 e. The van der Waals surface area contributed by atoms with Crippen molar-refractivity contribution in [2.75, 3.05) is 0 Å². The van der Waals surface area contributed by atoms with Gasteiger partial charge in [0.15, 0.2) is 5.78 Å². The summed E-state index contributed by atoms with van der Waals surface area (Å²) in [6.45, 7) is 0.